The molecule has 0 fully saturated rings. The normalized spacial score (nSPS) is 11.8. The average molecular weight is 497 g/mol. The van der Waals surface area contributed by atoms with Gasteiger partial charge in [0.15, 0.2) is 5.78 Å². The lowest BCUT2D eigenvalue weighted by molar-refractivity contribution is 0.104. The van der Waals surface area contributed by atoms with Crippen molar-refractivity contribution < 1.29 is 4.79 Å². The van der Waals surface area contributed by atoms with E-state index in [1.165, 1.54) is 11.1 Å². The molecular weight excluding hydrogens is 478 g/mol. The summed E-state index contributed by atoms with van der Waals surface area (Å²) in [4.78, 5) is 17.3. The third-order valence-corrected chi connectivity index (χ3v) is 6.64. The van der Waals surface area contributed by atoms with Crippen molar-refractivity contribution in [2.45, 2.75) is 12.7 Å². The van der Waals surface area contributed by atoms with Gasteiger partial charge in [-0.25, -0.2) is 0 Å². The molecule has 0 bridgehead atoms. The summed E-state index contributed by atoms with van der Waals surface area (Å²) in [5.41, 5.74) is 5.05. The lowest BCUT2D eigenvalue weighted by atomic mass is 10.1. The number of allylic oxidation sites excluding steroid dienone is 1. The molecule has 1 aromatic heterocycles. The molecule has 5 heteroatoms. The van der Waals surface area contributed by atoms with Gasteiger partial charge in [0.05, 0.1) is 4.91 Å². The van der Waals surface area contributed by atoms with Crippen molar-refractivity contribution >= 4 is 62.1 Å². The fourth-order valence-corrected chi connectivity index (χ4v) is 4.60. The molecule has 0 amide bonds. The number of H-pyrrole nitrogens is 1. The van der Waals surface area contributed by atoms with Crippen LogP contribution >= 0.6 is 39.3 Å². The van der Waals surface area contributed by atoms with Crippen molar-refractivity contribution in [3.8, 4) is 0 Å². The number of halogens is 2. The van der Waals surface area contributed by atoms with E-state index in [4.69, 9.17) is 11.6 Å². The van der Waals surface area contributed by atoms with Crippen LogP contribution in [0.1, 0.15) is 27.0 Å². The number of ketones is 1. The van der Waals surface area contributed by atoms with E-state index in [9.17, 15) is 4.79 Å². The number of thioether (sulfide) groups is 1. The number of benzene rings is 3. The number of Topliss-reactive ketones (excluding diaryl/α,β-unsaturated/α-hetero) is 1. The van der Waals surface area contributed by atoms with Gasteiger partial charge in [-0.2, -0.15) is 0 Å². The molecule has 150 valence electrons. The van der Waals surface area contributed by atoms with Gasteiger partial charge in [-0.15, -0.1) is 11.8 Å². The van der Waals surface area contributed by atoms with Crippen molar-refractivity contribution in [2.24, 2.45) is 0 Å². The molecule has 2 nitrogen and oxygen atoms in total. The Morgan fingerprint density at radius 2 is 1.80 bits per heavy atom. The predicted molar refractivity (Wildman–Crippen MR) is 132 cm³/mol. The summed E-state index contributed by atoms with van der Waals surface area (Å²) in [6.07, 6.45) is 3.92. The smallest absolute Gasteiger partial charge is 0.199 e. The summed E-state index contributed by atoms with van der Waals surface area (Å²) >= 11 is 11.1. The Bertz CT molecular complexity index is 1230. The highest BCUT2D eigenvalue weighted by Gasteiger charge is 2.15. The van der Waals surface area contributed by atoms with Crippen LogP contribution in [0.3, 0.4) is 0 Å². The SMILES string of the molecule is Cc1ccc(CS/C(=C/c2c[nH]c3ccc(Br)cc23)C(=O)c2ccc(Cl)cc2)cc1. The summed E-state index contributed by atoms with van der Waals surface area (Å²) < 4.78 is 1.00. The first kappa shape index (κ1) is 21.0. The van der Waals surface area contributed by atoms with Crippen LogP contribution in [0.4, 0.5) is 0 Å². The summed E-state index contributed by atoms with van der Waals surface area (Å²) in [7, 11) is 0. The molecular formula is C25H19BrClNOS. The van der Waals surface area contributed by atoms with E-state index in [-0.39, 0.29) is 5.78 Å². The zero-order valence-electron chi connectivity index (χ0n) is 16.3. The van der Waals surface area contributed by atoms with Gasteiger partial charge in [-0.3, -0.25) is 4.79 Å². The van der Waals surface area contributed by atoms with Crippen LogP contribution in [-0.4, -0.2) is 10.8 Å². The molecule has 0 radical (unpaired) electrons. The minimum atomic E-state index is -0.00637. The van der Waals surface area contributed by atoms with Gasteiger partial charge in [0.25, 0.3) is 0 Å². The lowest BCUT2D eigenvalue weighted by Crippen LogP contribution is -2.01. The van der Waals surface area contributed by atoms with Gasteiger partial charge in [0, 0.05) is 43.5 Å². The number of aromatic amines is 1. The average Bonchev–Trinajstić information content (AvgIpc) is 3.14. The molecule has 0 spiro atoms. The summed E-state index contributed by atoms with van der Waals surface area (Å²) in [6, 6.07) is 21.5. The van der Waals surface area contributed by atoms with E-state index in [2.05, 4.69) is 58.2 Å². The van der Waals surface area contributed by atoms with E-state index in [1.807, 2.05) is 24.4 Å². The van der Waals surface area contributed by atoms with E-state index in [1.54, 1.807) is 36.0 Å². The minimum absolute atomic E-state index is 0.00637. The van der Waals surface area contributed by atoms with E-state index < -0.39 is 0 Å². The van der Waals surface area contributed by atoms with Gasteiger partial charge in [0.1, 0.15) is 0 Å². The minimum Gasteiger partial charge on any atom is -0.361 e. The quantitative estimate of drug-likeness (QED) is 0.216. The van der Waals surface area contributed by atoms with Crippen LogP contribution < -0.4 is 0 Å². The van der Waals surface area contributed by atoms with Crippen LogP contribution in [0.15, 0.2) is 82.3 Å². The Kier molecular flexibility index (Phi) is 6.47. The van der Waals surface area contributed by atoms with Gasteiger partial charge < -0.3 is 4.98 Å². The highest BCUT2D eigenvalue weighted by molar-refractivity contribution is 9.10. The third-order valence-electron chi connectivity index (χ3n) is 4.81. The van der Waals surface area contributed by atoms with Crippen LogP contribution in [0.25, 0.3) is 17.0 Å². The zero-order chi connectivity index (χ0) is 21.1. The van der Waals surface area contributed by atoms with Gasteiger partial charge >= 0.3 is 0 Å². The van der Waals surface area contributed by atoms with Crippen molar-refractivity contribution in [3.63, 3.8) is 0 Å². The van der Waals surface area contributed by atoms with Crippen molar-refractivity contribution in [2.75, 3.05) is 0 Å². The second-order valence-corrected chi connectivity index (χ2v) is 9.42. The number of carbonyl (C=O) groups is 1. The molecule has 1 N–H and O–H groups in total. The molecule has 0 aliphatic carbocycles. The molecule has 4 aromatic rings. The topological polar surface area (TPSA) is 32.9 Å². The highest BCUT2D eigenvalue weighted by atomic mass is 79.9. The molecule has 1 heterocycles. The first-order chi connectivity index (χ1) is 14.5. The van der Waals surface area contributed by atoms with E-state index in [0.29, 0.717) is 15.5 Å². The van der Waals surface area contributed by atoms with Gasteiger partial charge in [-0.1, -0.05) is 57.4 Å². The molecule has 3 aromatic carbocycles. The molecule has 0 aliphatic heterocycles. The standard InChI is InChI=1S/C25H19BrClNOS/c1-16-2-4-17(5-3-16)15-30-24(25(29)18-6-9-21(27)10-7-18)12-19-14-28-23-11-8-20(26)13-22(19)23/h2-14,28H,15H2,1H3/b24-12+. The fraction of sp³-hybridized carbons (Fsp3) is 0.0800. The van der Waals surface area contributed by atoms with Crippen molar-refractivity contribution in [3.05, 3.63) is 110 Å². The van der Waals surface area contributed by atoms with Gasteiger partial charge in [-0.05, 0) is 61.0 Å². The first-order valence-corrected chi connectivity index (χ1v) is 11.6. The Labute approximate surface area is 193 Å². The highest BCUT2D eigenvalue weighted by Crippen LogP contribution is 2.31. The van der Waals surface area contributed by atoms with Crippen LogP contribution in [0.2, 0.25) is 5.02 Å². The Morgan fingerprint density at radius 1 is 1.07 bits per heavy atom. The van der Waals surface area contributed by atoms with Crippen LogP contribution in [0.5, 0.6) is 0 Å². The number of aryl methyl sites for hydroxylation is 1. The summed E-state index contributed by atoms with van der Waals surface area (Å²) in [5.74, 6) is 0.713. The molecule has 0 saturated carbocycles. The molecule has 0 saturated heterocycles. The molecule has 0 aliphatic rings. The fourth-order valence-electron chi connectivity index (χ4n) is 3.14. The Hall–Kier alpha value is -2.27. The maximum Gasteiger partial charge on any atom is 0.199 e. The summed E-state index contributed by atoms with van der Waals surface area (Å²) in [6.45, 7) is 2.07. The number of hydrogen-bond acceptors (Lipinski definition) is 2. The maximum absolute atomic E-state index is 13.3. The summed E-state index contributed by atoms with van der Waals surface area (Å²) in [5, 5.41) is 1.69. The second-order valence-electron chi connectivity index (χ2n) is 7.05. The number of nitrogens with one attached hydrogen (secondary N) is 1. The number of fused-ring (bicyclic) bond motifs is 1. The van der Waals surface area contributed by atoms with Crippen molar-refractivity contribution in [1.29, 1.82) is 0 Å². The van der Waals surface area contributed by atoms with Gasteiger partial charge in [0.2, 0.25) is 0 Å². The number of rotatable bonds is 6. The first-order valence-electron chi connectivity index (χ1n) is 9.46. The maximum atomic E-state index is 13.3. The molecule has 4 rings (SSSR count). The van der Waals surface area contributed by atoms with Crippen molar-refractivity contribution in [1.82, 2.24) is 4.98 Å². The molecule has 0 atom stereocenters. The van der Waals surface area contributed by atoms with Crippen LogP contribution in [-0.2, 0) is 5.75 Å². The molecule has 0 unspecified atom stereocenters. The number of carbonyl (C=O) groups excluding carboxylic acids is 1. The Morgan fingerprint density at radius 3 is 2.53 bits per heavy atom. The Balaban J connectivity index is 1.70. The lowest BCUT2D eigenvalue weighted by Gasteiger charge is -2.08. The second kappa shape index (κ2) is 9.25. The predicted octanol–water partition coefficient (Wildman–Crippen LogP) is 8.05. The largest absolute Gasteiger partial charge is 0.361 e. The third kappa shape index (κ3) is 4.89. The number of hydrogen-bond donors (Lipinski definition) is 1. The molecule has 30 heavy (non-hydrogen) atoms. The zero-order valence-corrected chi connectivity index (χ0v) is 19.4. The number of aromatic nitrogens is 1. The van der Waals surface area contributed by atoms with E-state index in [0.717, 1.165) is 26.7 Å². The van der Waals surface area contributed by atoms with E-state index >= 15 is 0 Å². The monoisotopic (exact) mass is 495 g/mol. The van der Waals surface area contributed by atoms with Crippen LogP contribution in [0, 0.1) is 6.92 Å².